The molecule has 0 spiro atoms. The molecule has 0 amide bonds. The molecule has 0 radical (unpaired) electrons. The van der Waals surface area contributed by atoms with Crippen LogP contribution in [0.3, 0.4) is 0 Å². The summed E-state index contributed by atoms with van der Waals surface area (Å²) < 4.78 is 79.1. The van der Waals surface area contributed by atoms with Gasteiger partial charge in [-0.25, -0.2) is 0 Å². The Bertz CT molecular complexity index is 822. The Balaban J connectivity index is 1.55. The highest BCUT2D eigenvalue weighted by Crippen LogP contribution is 2.54. The Labute approximate surface area is 191 Å². The van der Waals surface area contributed by atoms with Crippen LogP contribution in [-0.2, 0) is 13.0 Å². The van der Waals surface area contributed by atoms with Crippen molar-refractivity contribution in [3.8, 4) is 0 Å². The highest BCUT2D eigenvalue weighted by Gasteiger charge is 2.59. The standard InChI is InChI=1S/C26H31F6N/c1-2-14-33(18-20-7-4-3-5-8-20)15-6-9-19-10-12-21(13-11-19)22-16-23(25(27,28)29)24(17-22)26(30,31)32/h3-5,7-8,10-13,22-24H,2,6,9,14-18H2,1H3. The predicted octanol–water partition coefficient (Wildman–Crippen LogP) is 7.77. The minimum Gasteiger partial charge on any atom is -0.299 e. The number of hydrogen-bond acceptors (Lipinski definition) is 1. The van der Waals surface area contributed by atoms with Crippen molar-refractivity contribution < 1.29 is 26.3 Å². The molecule has 3 rings (SSSR count). The van der Waals surface area contributed by atoms with Crippen molar-refractivity contribution >= 4 is 0 Å². The maximum Gasteiger partial charge on any atom is 0.392 e. The Morgan fingerprint density at radius 3 is 1.85 bits per heavy atom. The number of hydrogen-bond donors (Lipinski definition) is 0. The normalized spacial score (nSPS) is 21.6. The van der Waals surface area contributed by atoms with Crippen LogP contribution in [0.25, 0.3) is 0 Å². The minimum absolute atomic E-state index is 0.502. The third kappa shape index (κ3) is 7.23. The fraction of sp³-hybridized carbons (Fsp3) is 0.538. The smallest absolute Gasteiger partial charge is 0.299 e. The summed E-state index contributed by atoms with van der Waals surface area (Å²) in [4.78, 5) is 2.40. The van der Waals surface area contributed by atoms with Gasteiger partial charge in [0.05, 0.1) is 11.8 Å². The summed E-state index contributed by atoms with van der Waals surface area (Å²) >= 11 is 0. The van der Waals surface area contributed by atoms with Gasteiger partial charge in [0.25, 0.3) is 0 Å². The van der Waals surface area contributed by atoms with E-state index in [4.69, 9.17) is 0 Å². The summed E-state index contributed by atoms with van der Waals surface area (Å²) in [5, 5.41) is 0. The molecule has 2 atom stereocenters. The van der Waals surface area contributed by atoms with Gasteiger partial charge in [0.15, 0.2) is 0 Å². The van der Waals surface area contributed by atoms with Gasteiger partial charge in [-0.2, -0.15) is 26.3 Å². The van der Waals surface area contributed by atoms with Crippen molar-refractivity contribution in [1.82, 2.24) is 4.90 Å². The molecule has 1 aliphatic carbocycles. The van der Waals surface area contributed by atoms with E-state index < -0.39 is 42.9 Å². The molecule has 0 heterocycles. The van der Waals surface area contributed by atoms with Crippen LogP contribution in [0.5, 0.6) is 0 Å². The SMILES string of the molecule is CCCN(CCCc1ccc(C2CC(C(F)(F)F)C(C(F)(F)F)C2)cc1)Cc1ccccc1. The Kier molecular flexibility index (Phi) is 8.48. The van der Waals surface area contributed by atoms with Gasteiger partial charge in [0.1, 0.15) is 0 Å². The number of halogens is 6. The molecule has 2 aromatic rings. The summed E-state index contributed by atoms with van der Waals surface area (Å²) in [6.45, 7) is 4.95. The van der Waals surface area contributed by atoms with E-state index >= 15 is 0 Å². The van der Waals surface area contributed by atoms with Crippen LogP contribution in [0, 0.1) is 11.8 Å². The van der Waals surface area contributed by atoms with Crippen LogP contribution in [0.15, 0.2) is 54.6 Å². The molecule has 7 heteroatoms. The summed E-state index contributed by atoms with van der Waals surface area (Å²) in [5.41, 5.74) is 2.88. The lowest BCUT2D eigenvalue weighted by molar-refractivity contribution is -0.245. The average molecular weight is 472 g/mol. The maximum absolute atomic E-state index is 13.2. The third-order valence-electron chi connectivity index (χ3n) is 6.58. The molecule has 0 saturated heterocycles. The molecule has 1 fully saturated rings. The fourth-order valence-electron chi connectivity index (χ4n) is 4.92. The van der Waals surface area contributed by atoms with E-state index in [1.807, 2.05) is 30.3 Å². The van der Waals surface area contributed by atoms with Crippen LogP contribution in [-0.4, -0.2) is 30.3 Å². The number of benzene rings is 2. The first-order valence-corrected chi connectivity index (χ1v) is 11.6. The Hall–Kier alpha value is -2.02. The molecule has 0 N–H and O–H groups in total. The quantitative estimate of drug-likeness (QED) is 0.338. The second-order valence-electron chi connectivity index (χ2n) is 9.07. The largest absolute Gasteiger partial charge is 0.392 e. The molecule has 33 heavy (non-hydrogen) atoms. The van der Waals surface area contributed by atoms with Crippen molar-refractivity contribution in [3.63, 3.8) is 0 Å². The topological polar surface area (TPSA) is 3.24 Å². The van der Waals surface area contributed by atoms with E-state index in [0.717, 1.165) is 44.5 Å². The van der Waals surface area contributed by atoms with Crippen LogP contribution < -0.4 is 0 Å². The molecule has 2 aromatic carbocycles. The lowest BCUT2D eigenvalue weighted by atomic mass is 9.94. The highest BCUT2D eigenvalue weighted by atomic mass is 19.4. The summed E-state index contributed by atoms with van der Waals surface area (Å²) in [5.74, 6) is -5.36. The van der Waals surface area contributed by atoms with Gasteiger partial charge in [-0.15, -0.1) is 0 Å². The van der Waals surface area contributed by atoms with Crippen LogP contribution >= 0.6 is 0 Å². The first-order valence-electron chi connectivity index (χ1n) is 11.6. The zero-order valence-corrected chi connectivity index (χ0v) is 18.8. The number of rotatable bonds is 9. The molecule has 182 valence electrons. The molecule has 1 nitrogen and oxygen atoms in total. The minimum atomic E-state index is -4.83. The van der Waals surface area contributed by atoms with E-state index in [1.165, 1.54) is 5.56 Å². The molecule has 1 saturated carbocycles. The third-order valence-corrected chi connectivity index (χ3v) is 6.58. The second-order valence-corrected chi connectivity index (χ2v) is 9.07. The zero-order valence-electron chi connectivity index (χ0n) is 18.8. The van der Waals surface area contributed by atoms with Gasteiger partial charge in [-0.05, 0) is 67.8 Å². The van der Waals surface area contributed by atoms with E-state index in [-0.39, 0.29) is 0 Å². The summed E-state index contributed by atoms with van der Waals surface area (Å²) in [7, 11) is 0. The Morgan fingerprint density at radius 1 is 0.758 bits per heavy atom. The molecule has 0 aliphatic heterocycles. The van der Waals surface area contributed by atoms with Crippen LogP contribution in [0.2, 0.25) is 0 Å². The van der Waals surface area contributed by atoms with Gasteiger partial charge >= 0.3 is 12.4 Å². The van der Waals surface area contributed by atoms with Gasteiger partial charge in [-0.1, -0.05) is 61.5 Å². The molecule has 2 unspecified atom stereocenters. The molecular formula is C26H31F6N. The van der Waals surface area contributed by atoms with Gasteiger partial charge in [0, 0.05) is 6.54 Å². The molecule has 0 aromatic heterocycles. The summed E-state index contributed by atoms with van der Waals surface area (Å²) in [6.07, 6.45) is -7.87. The van der Waals surface area contributed by atoms with E-state index in [0.29, 0.717) is 5.56 Å². The lowest BCUT2D eigenvalue weighted by Gasteiger charge is -2.24. The molecular weight excluding hydrogens is 440 g/mol. The number of aryl methyl sites for hydroxylation is 1. The lowest BCUT2D eigenvalue weighted by Crippen LogP contribution is -2.35. The monoisotopic (exact) mass is 471 g/mol. The first kappa shape index (κ1) is 25.6. The van der Waals surface area contributed by atoms with E-state index in [2.05, 4.69) is 24.0 Å². The van der Waals surface area contributed by atoms with Gasteiger partial charge in [0.2, 0.25) is 0 Å². The van der Waals surface area contributed by atoms with Crippen LogP contribution in [0.1, 0.15) is 55.2 Å². The Morgan fingerprint density at radius 2 is 1.33 bits per heavy atom. The second kappa shape index (κ2) is 10.9. The van der Waals surface area contributed by atoms with Crippen molar-refractivity contribution in [2.75, 3.05) is 13.1 Å². The zero-order chi connectivity index (χ0) is 24.1. The predicted molar refractivity (Wildman–Crippen MR) is 118 cm³/mol. The van der Waals surface area contributed by atoms with Gasteiger partial charge in [-0.3, -0.25) is 4.90 Å². The van der Waals surface area contributed by atoms with Crippen molar-refractivity contribution in [2.24, 2.45) is 11.8 Å². The van der Waals surface area contributed by atoms with Crippen molar-refractivity contribution in [1.29, 1.82) is 0 Å². The average Bonchev–Trinajstić information content (AvgIpc) is 3.22. The van der Waals surface area contributed by atoms with Crippen LogP contribution in [0.4, 0.5) is 26.3 Å². The van der Waals surface area contributed by atoms with Crippen molar-refractivity contribution in [2.45, 2.75) is 63.8 Å². The molecule has 0 bridgehead atoms. The van der Waals surface area contributed by atoms with Gasteiger partial charge < -0.3 is 0 Å². The first-order chi connectivity index (χ1) is 15.6. The highest BCUT2D eigenvalue weighted by molar-refractivity contribution is 5.27. The fourth-order valence-corrected chi connectivity index (χ4v) is 4.92. The van der Waals surface area contributed by atoms with Crippen molar-refractivity contribution in [3.05, 3.63) is 71.3 Å². The summed E-state index contributed by atoms with van der Waals surface area (Å²) in [6, 6.07) is 17.4. The van der Waals surface area contributed by atoms with E-state index in [9.17, 15) is 26.3 Å². The van der Waals surface area contributed by atoms with E-state index in [1.54, 1.807) is 12.1 Å². The maximum atomic E-state index is 13.2. The number of alkyl halides is 6. The number of nitrogens with zero attached hydrogens (tertiary/aromatic N) is 1. The molecule has 1 aliphatic rings.